The van der Waals surface area contributed by atoms with Crippen LogP contribution in [-0.2, 0) is 19.7 Å². The van der Waals surface area contributed by atoms with E-state index in [9.17, 15) is 18.0 Å². The lowest BCUT2D eigenvalue weighted by molar-refractivity contribution is -0.131. The molecule has 1 aliphatic rings. The highest BCUT2D eigenvalue weighted by molar-refractivity contribution is 8.22. The van der Waals surface area contributed by atoms with Gasteiger partial charge in [-0.2, -0.15) is 8.42 Å². The summed E-state index contributed by atoms with van der Waals surface area (Å²) in [5.74, 6) is -1.60. The van der Waals surface area contributed by atoms with E-state index >= 15 is 0 Å². The minimum Gasteiger partial charge on any atom is -0.285 e. The summed E-state index contributed by atoms with van der Waals surface area (Å²) in [4.78, 5) is 22.8. The van der Waals surface area contributed by atoms with Gasteiger partial charge in [-0.25, -0.2) is 4.31 Å². The second-order valence-corrected chi connectivity index (χ2v) is 6.44. The first kappa shape index (κ1) is 13.6. The zero-order chi connectivity index (χ0) is 12.5. The lowest BCUT2D eigenvalue weighted by atomic mass is 10.4. The van der Waals surface area contributed by atoms with Gasteiger partial charge >= 0.3 is 0 Å². The van der Waals surface area contributed by atoms with Gasteiger partial charge in [-0.3, -0.25) is 14.1 Å². The van der Waals surface area contributed by atoms with Crippen molar-refractivity contribution < 1.29 is 22.6 Å². The van der Waals surface area contributed by atoms with Crippen LogP contribution in [0.3, 0.4) is 0 Å². The van der Waals surface area contributed by atoms with Gasteiger partial charge in [0.05, 0.1) is 10.6 Å². The molecular weight excluding hydrogens is 274 g/mol. The molecule has 1 aliphatic heterocycles. The first-order valence-electron chi connectivity index (χ1n) is 4.31. The number of carbonyl (C=O) groups excluding carboxylic acids is 2. The molecule has 1 rings (SSSR count). The Hall–Kier alpha value is -0.510. The van der Waals surface area contributed by atoms with E-state index in [0.29, 0.717) is 14.9 Å². The van der Waals surface area contributed by atoms with E-state index in [1.807, 2.05) is 0 Å². The van der Waals surface area contributed by atoms with E-state index in [2.05, 4.69) is 0 Å². The molecule has 1 atom stereocenters. The van der Waals surface area contributed by atoms with Crippen LogP contribution in [0.25, 0.3) is 0 Å². The number of hydrogen-bond acceptors (Lipinski definition) is 6. The van der Waals surface area contributed by atoms with Gasteiger partial charge in [0.25, 0.3) is 16.0 Å². The SMILES string of the molecule is CCC(=S)SN1C(=O)CC(S(=O)(=O)O)C1=O. The van der Waals surface area contributed by atoms with Gasteiger partial charge in [0, 0.05) is 11.9 Å². The topological polar surface area (TPSA) is 91.8 Å². The molecule has 16 heavy (non-hydrogen) atoms. The smallest absolute Gasteiger partial charge is 0.277 e. The molecule has 1 N–H and O–H groups in total. The van der Waals surface area contributed by atoms with Gasteiger partial charge in [-0.1, -0.05) is 19.1 Å². The zero-order valence-corrected chi connectivity index (χ0v) is 10.7. The van der Waals surface area contributed by atoms with E-state index in [-0.39, 0.29) is 0 Å². The van der Waals surface area contributed by atoms with Crippen molar-refractivity contribution in [3.05, 3.63) is 0 Å². The Morgan fingerprint density at radius 2 is 2.19 bits per heavy atom. The molecule has 1 unspecified atom stereocenters. The van der Waals surface area contributed by atoms with Crippen LogP contribution in [0.2, 0.25) is 0 Å². The van der Waals surface area contributed by atoms with Crippen LogP contribution in [0.5, 0.6) is 0 Å². The third-order valence-electron chi connectivity index (χ3n) is 1.90. The van der Waals surface area contributed by atoms with Crippen LogP contribution in [0.15, 0.2) is 0 Å². The Morgan fingerprint density at radius 3 is 2.56 bits per heavy atom. The summed E-state index contributed by atoms with van der Waals surface area (Å²) in [6, 6.07) is 0. The molecule has 0 bridgehead atoms. The summed E-state index contributed by atoms with van der Waals surface area (Å²) >= 11 is 5.57. The van der Waals surface area contributed by atoms with Crippen molar-refractivity contribution in [2.75, 3.05) is 0 Å². The Kier molecular flexibility index (Phi) is 4.05. The molecule has 2 amide bonds. The first-order valence-corrected chi connectivity index (χ1v) is 6.99. The molecule has 90 valence electrons. The second-order valence-electron chi connectivity index (χ2n) is 3.05. The van der Waals surface area contributed by atoms with E-state index < -0.39 is 33.6 Å². The van der Waals surface area contributed by atoms with Crippen molar-refractivity contribution in [2.24, 2.45) is 0 Å². The average molecular weight is 283 g/mol. The van der Waals surface area contributed by atoms with Crippen molar-refractivity contribution in [3.8, 4) is 0 Å². The Morgan fingerprint density at radius 1 is 1.62 bits per heavy atom. The van der Waals surface area contributed by atoms with Crippen LogP contribution in [0.4, 0.5) is 0 Å². The number of imide groups is 1. The summed E-state index contributed by atoms with van der Waals surface area (Å²) < 4.78 is 31.5. The van der Waals surface area contributed by atoms with E-state index in [1.54, 1.807) is 6.92 Å². The number of carbonyl (C=O) groups is 2. The molecule has 0 aromatic carbocycles. The number of hydrogen-bond donors (Lipinski definition) is 1. The molecule has 1 heterocycles. The standard InChI is InChI=1S/C7H9NO5S3/c1-2-6(14)15-8-5(9)3-4(7(8)10)16(11,12)13/h4H,2-3H2,1H3,(H,11,12,13). The second kappa shape index (κ2) is 4.78. The maximum absolute atomic E-state index is 11.5. The quantitative estimate of drug-likeness (QED) is 0.346. The fourth-order valence-corrected chi connectivity index (χ4v) is 2.81. The van der Waals surface area contributed by atoms with E-state index in [0.717, 1.165) is 11.9 Å². The molecule has 0 aromatic rings. The normalized spacial score (nSPS) is 21.6. The Labute approximate surface area is 102 Å². The molecule has 6 nitrogen and oxygen atoms in total. The minimum atomic E-state index is -4.53. The monoisotopic (exact) mass is 283 g/mol. The predicted molar refractivity (Wildman–Crippen MR) is 62.3 cm³/mol. The third-order valence-corrected chi connectivity index (χ3v) is 4.56. The molecular formula is C7H9NO5S3. The minimum absolute atomic E-state index is 0.401. The summed E-state index contributed by atoms with van der Waals surface area (Å²) in [6.45, 7) is 1.75. The molecule has 9 heteroatoms. The zero-order valence-electron chi connectivity index (χ0n) is 8.24. The fraction of sp³-hybridized carbons (Fsp3) is 0.571. The lowest BCUT2D eigenvalue weighted by Crippen LogP contribution is -2.31. The first-order chi connectivity index (χ1) is 7.27. The van der Waals surface area contributed by atoms with E-state index in [4.69, 9.17) is 16.8 Å². The van der Waals surface area contributed by atoms with Crippen LogP contribution in [0, 0.1) is 0 Å². The molecule has 0 aromatic heterocycles. The molecule has 1 fully saturated rings. The summed E-state index contributed by atoms with van der Waals surface area (Å²) in [7, 11) is -4.53. The molecule has 0 radical (unpaired) electrons. The Bertz CT molecular complexity index is 443. The van der Waals surface area contributed by atoms with Gasteiger partial charge in [0.15, 0.2) is 5.25 Å². The molecule has 1 saturated heterocycles. The predicted octanol–water partition coefficient (Wildman–Crippen LogP) is 0.387. The van der Waals surface area contributed by atoms with Crippen LogP contribution in [-0.4, -0.2) is 38.5 Å². The number of nitrogens with zero attached hydrogens (tertiary/aromatic N) is 1. The third kappa shape index (κ3) is 2.78. The van der Waals surface area contributed by atoms with Crippen LogP contribution in [0.1, 0.15) is 19.8 Å². The van der Waals surface area contributed by atoms with Gasteiger partial charge in [0.1, 0.15) is 0 Å². The molecule has 0 saturated carbocycles. The highest BCUT2D eigenvalue weighted by Gasteiger charge is 2.46. The number of thiocarbonyl (C=S) groups is 1. The highest BCUT2D eigenvalue weighted by atomic mass is 32.2. The summed E-state index contributed by atoms with van der Waals surface area (Å²) in [5.41, 5.74) is 0. The summed E-state index contributed by atoms with van der Waals surface area (Å²) in [6.07, 6.45) is -0.0510. The largest absolute Gasteiger partial charge is 0.285 e. The fourth-order valence-electron chi connectivity index (χ4n) is 1.08. The Balaban J connectivity index is 2.88. The van der Waals surface area contributed by atoms with Crippen molar-refractivity contribution >= 4 is 50.3 Å². The van der Waals surface area contributed by atoms with Gasteiger partial charge in [0.2, 0.25) is 5.91 Å². The van der Waals surface area contributed by atoms with Gasteiger partial charge in [-0.15, -0.1) is 0 Å². The number of amides is 2. The van der Waals surface area contributed by atoms with Crippen molar-refractivity contribution in [2.45, 2.75) is 25.0 Å². The van der Waals surface area contributed by atoms with E-state index in [1.165, 1.54) is 0 Å². The number of rotatable bonds is 3. The van der Waals surface area contributed by atoms with Crippen molar-refractivity contribution in [1.82, 2.24) is 4.31 Å². The molecule has 0 aliphatic carbocycles. The average Bonchev–Trinajstić information content (AvgIpc) is 2.44. The maximum Gasteiger partial charge on any atom is 0.277 e. The van der Waals surface area contributed by atoms with Crippen LogP contribution < -0.4 is 0 Å². The summed E-state index contributed by atoms with van der Waals surface area (Å²) in [5, 5.41) is -1.69. The van der Waals surface area contributed by atoms with Crippen molar-refractivity contribution in [3.63, 3.8) is 0 Å². The lowest BCUT2D eigenvalue weighted by Gasteiger charge is -2.12. The van der Waals surface area contributed by atoms with Gasteiger partial charge in [-0.05, 0) is 6.42 Å². The maximum atomic E-state index is 11.5. The van der Waals surface area contributed by atoms with Crippen LogP contribution >= 0.6 is 24.2 Å². The van der Waals surface area contributed by atoms with Gasteiger partial charge < -0.3 is 0 Å². The highest BCUT2D eigenvalue weighted by Crippen LogP contribution is 2.27. The van der Waals surface area contributed by atoms with Crippen molar-refractivity contribution in [1.29, 1.82) is 0 Å². The molecule has 0 spiro atoms.